The van der Waals surface area contributed by atoms with Crippen LogP contribution in [0.15, 0.2) is 61.2 Å². The van der Waals surface area contributed by atoms with Crippen LogP contribution in [0, 0.1) is 6.92 Å². The maximum absolute atomic E-state index is 4.13. The highest BCUT2D eigenvalue weighted by atomic mass is 14.8. The van der Waals surface area contributed by atoms with Gasteiger partial charge in [-0.05, 0) is 29.7 Å². The fourth-order valence-corrected chi connectivity index (χ4v) is 2.00. The molecule has 0 heterocycles. The van der Waals surface area contributed by atoms with Crippen molar-refractivity contribution in [1.82, 2.24) is 0 Å². The van der Waals surface area contributed by atoms with Gasteiger partial charge in [-0.15, -0.1) is 0 Å². The van der Waals surface area contributed by atoms with Crippen LogP contribution in [0.4, 0.5) is 5.69 Å². The van der Waals surface area contributed by atoms with Crippen molar-refractivity contribution in [2.24, 2.45) is 0 Å². The Morgan fingerprint density at radius 1 is 1.11 bits per heavy atom. The highest BCUT2D eigenvalue weighted by molar-refractivity contribution is 5.79. The molecular weight excluding hydrogens is 230 g/mol. The summed E-state index contributed by atoms with van der Waals surface area (Å²) in [5, 5.41) is 3.19. The van der Waals surface area contributed by atoms with Crippen molar-refractivity contribution >= 4 is 17.3 Å². The number of aryl methyl sites for hydroxylation is 1. The molecule has 0 spiro atoms. The number of anilines is 1. The van der Waals surface area contributed by atoms with Gasteiger partial charge in [-0.2, -0.15) is 0 Å². The summed E-state index contributed by atoms with van der Waals surface area (Å²) in [6, 6.07) is 16.6. The van der Waals surface area contributed by atoms with E-state index in [9.17, 15) is 0 Å². The predicted octanol–water partition coefficient (Wildman–Crippen LogP) is 4.76. The first-order valence-electron chi connectivity index (χ1n) is 6.41. The smallest absolute Gasteiger partial charge is 0.0411 e. The summed E-state index contributed by atoms with van der Waals surface area (Å²) in [4.78, 5) is 0. The average molecular weight is 249 g/mol. The number of allylic oxidation sites excluding steroid dienone is 2. The van der Waals surface area contributed by atoms with Crippen molar-refractivity contribution in [3.63, 3.8) is 0 Å². The molecule has 2 aromatic rings. The molecule has 0 fully saturated rings. The topological polar surface area (TPSA) is 12.0 Å². The Kier molecular flexibility index (Phi) is 4.19. The molecule has 1 heteroatoms. The second-order valence-electron chi connectivity index (χ2n) is 4.57. The van der Waals surface area contributed by atoms with Crippen LogP contribution in [0.5, 0.6) is 0 Å². The summed E-state index contributed by atoms with van der Waals surface area (Å²) < 4.78 is 0. The second-order valence-corrected chi connectivity index (χ2v) is 4.57. The third-order valence-electron chi connectivity index (χ3n) is 3.08. The van der Waals surface area contributed by atoms with Gasteiger partial charge in [-0.3, -0.25) is 0 Å². The number of rotatable bonds is 4. The van der Waals surface area contributed by atoms with Crippen LogP contribution < -0.4 is 5.32 Å². The normalized spacial score (nSPS) is 10.6. The van der Waals surface area contributed by atoms with Gasteiger partial charge in [0.2, 0.25) is 0 Å². The van der Waals surface area contributed by atoms with E-state index in [1.165, 1.54) is 11.1 Å². The summed E-state index contributed by atoms with van der Waals surface area (Å²) in [6.07, 6.45) is 4.15. The van der Waals surface area contributed by atoms with Crippen LogP contribution in [0.1, 0.15) is 16.7 Å². The van der Waals surface area contributed by atoms with Crippen LogP contribution in [-0.4, -0.2) is 7.05 Å². The molecule has 0 atom stereocenters. The van der Waals surface area contributed by atoms with Crippen LogP contribution in [0.25, 0.3) is 11.6 Å². The van der Waals surface area contributed by atoms with Gasteiger partial charge in [0.05, 0.1) is 0 Å². The van der Waals surface area contributed by atoms with E-state index in [0.29, 0.717) is 0 Å². The Balaban J connectivity index is 2.21. The van der Waals surface area contributed by atoms with E-state index in [2.05, 4.69) is 67.4 Å². The minimum absolute atomic E-state index is 1.02. The Morgan fingerprint density at radius 3 is 2.63 bits per heavy atom. The van der Waals surface area contributed by atoms with E-state index in [4.69, 9.17) is 0 Å². The molecule has 96 valence electrons. The Bertz CT molecular complexity index is 609. The van der Waals surface area contributed by atoms with Gasteiger partial charge < -0.3 is 5.32 Å². The summed E-state index contributed by atoms with van der Waals surface area (Å²) in [5.74, 6) is 0. The first-order valence-corrected chi connectivity index (χ1v) is 6.41. The SMILES string of the molecule is C=C(/C=C\c1ccccc1NC)c1cccc(C)c1. The Labute approximate surface area is 115 Å². The predicted molar refractivity (Wildman–Crippen MR) is 85.2 cm³/mol. The molecule has 0 aliphatic carbocycles. The van der Waals surface area contributed by atoms with Crippen molar-refractivity contribution in [3.8, 4) is 0 Å². The van der Waals surface area contributed by atoms with E-state index in [-0.39, 0.29) is 0 Å². The van der Waals surface area contributed by atoms with Crippen molar-refractivity contribution < 1.29 is 0 Å². The second kappa shape index (κ2) is 6.05. The standard InChI is InChI=1S/C18H19N/c1-14-7-6-9-17(13-14)15(2)11-12-16-8-4-5-10-18(16)19-3/h4-13,19H,2H2,1,3H3/b12-11-. The van der Waals surface area contributed by atoms with Gasteiger partial charge in [-0.1, -0.05) is 66.8 Å². The Morgan fingerprint density at radius 2 is 1.89 bits per heavy atom. The highest BCUT2D eigenvalue weighted by Crippen LogP contribution is 2.20. The lowest BCUT2D eigenvalue weighted by Crippen LogP contribution is -1.90. The molecule has 0 saturated carbocycles. The fraction of sp³-hybridized carbons (Fsp3) is 0.111. The first-order chi connectivity index (χ1) is 9.20. The lowest BCUT2D eigenvalue weighted by atomic mass is 10.0. The molecule has 0 saturated heterocycles. The molecular formula is C18H19N. The molecule has 1 N–H and O–H groups in total. The fourth-order valence-electron chi connectivity index (χ4n) is 2.00. The van der Waals surface area contributed by atoms with E-state index < -0.39 is 0 Å². The van der Waals surface area contributed by atoms with Gasteiger partial charge >= 0.3 is 0 Å². The summed E-state index contributed by atoms with van der Waals surface area (Å²) >= 11 is 0. The highest BCUT2D eigenvalue weighted by Gasteiger charge is 1.97. The number of hydrogen-bond acceptors (Lipinski definition) is 1. The third kappa shape index (κ3) is 3.35. The van der Waals surface area contributed by atoms with Gasteiger partial charge in [0.15, 0.2) is 0 Å². The molecule has 0 radical (unpaired) electrons. The zero-order valence-corrected chi connectivity index (χ0v) is 11.5. The quantitative estimate of drug-likeness (QED) is 0.770. The number of para-hydroxylation sites is 1. The van der Waals surface area contributed by atoms with Crippen LogP contribution >= 0.6 is 0 Å². The summed E-state index contributed by atoms with van der Waals surface area (Å²) in [5.41, 5.74) is 5.73. The van der Waals surface area contributed by atoms with Crippen LogP contribution in [0.3, 0.4) is 0 Å². The molecule has 19 heavy (non-hydrogen) atoms. The Hall–Kier alpha value is -2.28. The van der Waals surface area contributed by atoms with E-state index in [1.807, 2.05) is 19.2 Å². The van der Waals surface area contributed by atoms with Gasteiger partial charge in [-0.25, -0.2) is 0 Å². The van der Waals surface area contributed by atoms with E-state index >= 15 is 0 Å². The zero-order valence-electron chi connectivity index (χ0n) is 11.5. The maximum atomic E-state index is 4.13. The minimum Gasteiger partial charge on any atom is -0.388 e. The lowest BCUT2D eigenvalue weighted by molar-refractivity contribution is 1.45. The summed E-state index contributed by atoms with van der Waals surface area (Å²) in [7, 11) is 1.93. The lowest BCUT2D eigenvalue weighted by Gasteiger charge is -2.05. The molecule has 0 bridgehead atoms. The van der Waals surface area contributed by atoms with Crippen molar-refractivity contribution in [3.05, 3.63) is 77.9 Å². The average Bonchev–Trinajstić information content (AvgIpc) is 2.45. The van der Waals surface area contributed by atoms with Crippen LogP contribution in [0.2, 0.25) is 0 Å². The number of benzene rings is 2. The molecule has 2 rings (SSSR count). The van der Waals surface area contributed by atoms with Gasteiger partial charge in [0.1, 0.15) is 0 Å². The van der Waals surface area contributed by atoms with Gasteiger partial charge in [0.25, 0.3) is 0 Å². The largest absolute Gasteiger partial charge is 0.388 e. The first kappa shape index (κ1) is 13.2. The molecule has 1 nitrogen and oxygen atoms in total. The molecule has 0 unspecified atom stereocenters. The van der Waals surface area contributed by atoms with Crippen molar-refractivity contribution in [2.45, 2.75) is 6.92 Å². The monoisotopic (exact) mass is 249 g/mol. The summed E-state index contributed by atoms with van der Waals surface area (Å²) in [6.45, 7) is 6.22. The third-order valence-corrected chi connectivity index (χ3v) is 3.08. The molecule has 2 aromatic carbocycles. The van der Waals surface area contributed by atoms with Crippen LogP contribution in [-0.2, 0) is 0 Å². The number of nitrogens with one attached hydrogen (secondary N) is 1. The molecule has 0 amide bonds. The number of hydrogen-bond donors (Lipinski definition) is 1. The van der Waals surface area contributed by atoms with E-state index in [1.54, 1.807) is 0 Å². The molecule has 0 aromatic heterocycles. The van der Waals surface area contributed by atoms with Gasteiger partial charge in [0, 0.05) is 12.7 Å². The molecule has 0 aliphatic rings. The molecule has 0 aliphatic heterocycles. The zero-order chi connectivity index (χ0) is 13.7. The van der Waals surface area contributed by atoms with Crippen molar-refractivity contribution in [1.29, 1.82) is 0 Å². The maximum Gasteiger partial charge on any atom is 0.0411 e. The minimum atomic E-state index is 1.02. The van der Waals surface area contributed by atoms with Crippen molar-refractivity contribution in [2.75, 3.05) is 12.4 Å². The van der Waals surface area contributed by atoms with E-state index in [0.717, 1.165) is 16.8 Å².